The number of nitrogens with zero attached hydrogens (tertiary/aromatic N) is 2. The molecule has 2 heterocycles. The number of aryl methyl sites for hydroxylation is 1. The topological polar surface area (TPSA) is 79.1 Å². The largest absolute Gasteiger partial charge is 0.465 e. The maximum atomic E-state index is 11.8. The van der Waals surface area contributed by atoms with E-state index in [1.54, 1.807) is 13.0 Å². The molecular formula is C23H32N4O3. The predicted molar refractivity (Wildman–Crippen MR) is 117 cm³/mol. The molecule has 30 heavy (non-hydrogen) atoms. The number of nitrogens with one attached hydrogen (secondary N) is 2. The maximum absolute atomic E-state index is 11.8. The van der Waals surface area contributed by atoms with E-state index in [0.717, 1.165) is 32.0 Å². The molecule has 1 fully saturated rings. The van der Waals surface area contributed by atoms with Gasteiger partial charge in [-0.25, -0.2) is 9.79 Å². The number of carbonyl (C=O) groups excluding carboxylic acids is 1. The first-order valence-electron chi connectivity index (χ1n) is 10.5. The molecule has 162 valence electrons. The van der Waals surface area contributed by atoms with Gasteiger partial charge in [-0.15, -0.1) is 0 Å². The van der Waals surface area contributed by atoms with Gasteiger partial charge < -0.3 is 19.8 Å². The van der Waals surface area contributed by atoms with Gasteiger partial charge >= 0.3 is 5.97 Å². The van der Waals surface area contributed by atoms with Crippen LogP contribution in [0, 0.1) is 6.92 Å². The molecule has 7 nitrogen and oxygen atoms in total. The quantitative estimate of drug-likeness (QED) is 0.413. The SMILES string of the molecule is CCNC(=NCc1cc(C(=O)OC)c(C)o1)NC1CC(C)N(Cc2ccccc2)C1. The molecule has 1 saturated heterocycles. The van der Waals surface area contributed by atoms with Gasteiger partial charge in [-0.1, -0.05) is 30.3 Å². The van der Waals surface area contributed by atoms with Crippen molar-refractivity contribution < 1.29 is 13.9 Å². The van der Waals surface area contributed by atoms with Crippen LogP contribution in [0.25, 0.3) is 0 Å². The molecule has 0 radical (unpaired) electrons. The molecule has 7 heteroatoms. The Hall–Kier alpha value is -2.80. The molecule has 1 aromatic carbocycles. The summed E-state index contributed by atoms with van der Waals surface area (Å²) < 4.78 is 10.4. The summed E-state index contributed by atoms with van der Waals surface area (Å²) >= 11 is 0. The maximum Gasteiger partial charge on any atom is 0.341 e. The second-order valence-corrected chi connectivity index (χ2v) is 7.71. The number of guanidine groups is 1. The molecule has 3 rings (SSSR count). The summed E-state index contributed by atoms with van der Waals surface area (Å²) in [6, 6.07) is 13.1. The number of likely N-dealkylation sites (tertiary alicyclic amines) is 1. The van der Waals surface area contributed by atoms with Crippen molar-refractivity contribution >= 4 is 11.9 Å². The molecule has 0 spiro atoms. The van der Waals surface area contributed by atoms with Crippen LogP contribution in [0.1, 0.15) is 47.7 Å². The fraction of sp³-hybridized carbons (Fsp3) is 0.478. The first-order chi connectivity index (χ1) is 14.5. The van der Waals surface area contributed by atoms with Crippen molar-refractivity contribution in [2.45, 2.75) is 52.4 Å². The van der Waals surface area contributed by atoms with Crippen LogP contribution < -0.4 is 10.6 Å². The third-order valence-corrected chi connectivity index (χ3v) is 5.38. The highest BCUT2D eigenvalue weighted by molar-refractivity contribution is 5.90. The summed E-state index contributed by atoms with van der Waals surface area (Å²) in [5.74, 6) is 1.54. The average Bonchev–Trinajstić information content (AvgIpc) is 3.28. The van der Waals surface area contributed by atoms with Crippen molar-refractivity contribution in [1.29, 1.82) is 0 Å². The van der Waals surface area contributed by atoms with Gasteiger partial charge in [0.15, 0.2) is 5.96 Å². The summed E-state index contributed by atoms with van der Waals surface area (Å²) in [7, 11) is 1.36. The molecule has 1 aromatic heterocycles. The van der Waals surface area contributed by atoms with Gasteiger partial charge in [0, 0.05) is 31.7 Å². The van der Waals surface area contributed by atoms with Crippen molar-refractivity contribution in [2.75, 3.05) is 20.2 Å². The van der Waals surface area contributed by atoms with Crippen LogP contribution in [0.4, 0.5) is 0 Å². The van der Waals surface area contributed by atoms with Gasteiger partial charge in [-0.05, 0) is 38.8 Å². The molecule has 2 unspecified atom stereocenters. The molecular weight excluding hydrogens is 380 g/mol. The van der Waals surface area contributed by atoms with E-state index >= 15 is 0 Å². The predicted octanol–water partition coefficient (Wildman–Crippen LogP) is 3.09. The van der Waals surface area contributed by atoms with Crippen molar-refractivity contribution in [3.8, 4) is 0 Å². The van der Waals surface area contributed by atoms with Gasteiger partial charge in [0.25, 0.3) is 0 Å². The number of rotatable bonds is 7. The molecule has 0 saturated carbocycles. The zero-order chi connectivity index (χ0) is 21.5. The summed E-state index contributed by atoms with van der Waals surface area (Å²) in [4.78, 5) is 18.9. The summed E-state index contributed by atoms with van der Waals surface area (Å²) in [5.41, 5.74) is 1.78. The molecule has 0 bridgehead atoms. The van der Waals surface area contributed by atoms with E-state index in [2.05, 4.69) is 57.8 Å². The lowest BCUT2D eigenvalue weighted by molar-refractivity contribution is 0.0599. The summed E-state index contributed by atoms with van der Waals surface area (Å²) in [5, 5.41) is 6.85. The van der Waals surface area contributed by atoms with Gasteiger partial charge in [0.1, 0.15) is 23.6 Å². The van der Waals surface area contributed by atoms with Gasteiger partial charge in [0.05, 0.1) is 7.11 Å². The van der Waals surface area contributed by atoms with E-state index < -0.39 is 5.97 Å². The van der Waals surface area contributed by atoms with E-state index in [9.17, 15) is 4.79 Å². The molecule has 0 aliphatic carbocycles. The lowest BCUT2D eigenvalue weighted by Crippen LogP contribution is -2.44. The van der Waals surface area contributed by atoms with Crippen molar-refractivity contribution in [3.05, 3.63) is 59.0 Å². The molecule has 0 amide bonds. The molecule has 1 aliphatic rings. The standard InChI is InChI=1S/C23H32N4O3/c1-5-24-23(25-13-20-12-21(17(3)30-20)22(28)29-4)26-19-11-16(2)27(15-19)14-18-9-7-6-8-10-18/h6-10,12,16,19H,5,11,13-15H2,1-4H3,(H2,24,25,26). The van der Waals surface area contributed by atoms with Crippen molar-refractivity contribution in [2.24, 2.45) is 4.99 Å². The average molecular weight is 413 g/mol. The minimum Gasteiger partial charge on any atom is -0.465 e. The van der Waals surface area contributed by atoms with Crippen LogP contribution in [0.15, 0.2) is 45.8 Å². The van der Waals surface area contributed by atoms with Gasteiger partial charge in [-0.2, -0.15) is 0 Å². The third kappa shape index (κ3) is 5.63. The Morgan fingerprint density at radius 2 is 2.10 bits per heavy atom. The Balaban J connectivity index is 1.60. The van der Waals surface area contributed by atoms with E-state index in [1.165, 1.54) is 12.7 Å². The first kappa shape index (κ1) is 21.9. The second kappa shape index (κ2) is 10.3. The van der Waals surface area contributed by atoms with E-state index in [4.69, 9.17) is 9.15 Å². The number of furan rings is 1. The van der Waals surface area contributed by atoms with Crippen LogP contribution in [0.3, 0.4) is 0 Å². The third-order valence-electron chi connectivity index (χ3n) is 5.38. The van der Waals surface area contributed by atoms with Crippen LogP contribution in [0.5, 0.6) is 0 Å². The summed E-state index contributed by atoms with van der Waals surface area (Å²) in [6.45, 7) is 9.11. The smallest absolute Gasteiger partial charge is 0.341 e. The van der Waals surface area contributed by atoms with Gasteiger partial charge in [0.2, 0.25) is 0 Å². The van der Waals surface area contributed by atoms with Crippen LogP contribution in [-0.4, -0.2) is 49.1 Å². The van der Waals surface area contributed by atoms with E-state index in [-0.39, 0.29) is 0 Å². The zero-order valence-corrected chi connectivity index (χ0v) is 18.3. The minimum atomic E-state index is -0.394. The Bertz CT molecular complexity index is 863. The first-order valence-corrected chi connectivity index (χ1v) is 10.5. The van der Waals surface area contributed by atoms with Crippen molar-refractivity contribution in [3.63, 3.8) is 0 Å². The molecule has 1 aliphatic heterocycles. The lowest BCUT2D eigenvalue weighted by Gasteiger charge is -2.21. The molecule has 2 N–H and O–H groups in total. The Kier molecular flexibility index (Phi) is 7.52. The number of ether oxygens (including phenoxy) is 1. The van der Waals surface area contributed by atoms with Gasteiger partial charge in [-0.3, -0.25) is 4.90 Å². The number of hydrogen-bond acceptors (Lipinski definition) is 5. The minimum absolute atomic E-state index is 0.325. The lowest BCUT2D eigenvalue weighted by atomic mass is 10.2. The van der Waals surface area contributed by atoms with Crippen molar-refractivity contribution in [1.82, 2.24) is 15.5 Å². The highest BCUT2D eigenvalue weighted by atomic mass is 16.5. The Labute approximate surface area is 178 Å². The zero-order valence-electron chi connectivity index (χ0n) is 18.3. The highest BCUT2D eigenvalue weighted by Crippen LogP contribution is 2.20. The Morgan fingerprint density at radius 3 is 2.80 bits per heavy atom. The number of aliphatic imine (C=N–C) groups is 1. The fourth-order valence-corrected chi connectivity index (χ4v) is 3.85. The molecule has 2 atom stereocenters. The Morgan fingerprint density at radius 1 is 1.33 bits per heavy atom. The number of benzene rings is 1. The molecule has 2 aromatic rings. The number of carbonyl (C=O) groups is 1. The van der Waals surface area contributed by atoms with E-state index in [1.807, 2.05) is 6.92 Å². The monoisotopic (exact) mass is 412 g/mol. The second-order valence-electron chi connectivity index (χ2n) is 7.71. The van der Waals surface area contributed by atoms with Crippen LogP contribution in [0.2, 0.25) is 0 Å². The fourth-order valence-electron chi connectivity index (χ4n) is 3.85. The number of esters is 1. The van der Waals surface area contributed by atoms with Crippen LogP contribution >= 0.6 is 0 Å². The van der Waals surface area contributed by atoms with E-state index in [0.29, 0.717) is 35.7 Å². The summed E-state index contributed by atoms with van der Waals surface area (Å²) in [6.07, 6.45) is 1.06. The number of methoxy groups -OCH3 is 1. The number of hydrogen-bond donors (Lipinski definition) is 2. The highest BCUT2D eigenvalue weighted by Gasteiger charge is 2.29. The normalized spacial score (nSPS) is 19.7. The van der Waals surface area contributed by atoms with Crippen LogP contribution in [-0.2, 0) is 17.8 Å².